The topological polar surface area (TPSA) is 58.6 Å². The third-order valence-corrected chi connectivity index (χ3v) is 5.33. The van der Waals surface area contributed by atoms with Gasteiger partial charge in [-0.2, -0.15) is 0 Å². The van der Waals surface area contributed by atoms with Crippen LogP contribution >= 0.6 is 39.1 Å². The number of nitrogens with zero attached hydrogens (tertiary/aromatic N) is 1. The van der Waals surface area contributed by atoms with Crippen molar-refractivity contribution in [2.75, 3.05) is 13.2 Å². The van der Waals surface area contributed by atoms with Gasteiger partial charge in [-0.3, -0.25) is 9.59 Å². The van der Waals surface area contributed by atoms with Crippen LogP contribution in [0.4, 0.5) is 0 Å². The molecule has 156 valence electrons. The zero-order valence-corrected chi connectivity index (χ0v) is 19.4. The summed E-state index contributed by atoms with van der Waals surface area (Å²) in [5.41, 5.74) is 0.866. The molecule has 0 radical (unpaired) electrons. The van der Waals surface area contributed by atoms with Crippen LogP contribution in [0.15, 0.2) is 46.9 Å². The second-order valence-electron chi connectivity index (χ2n) is 6.48. The van der Waals surface area contributed by atoms with Crippen molar-refractivity contribution >= 4 is 50.9 Å². The highest BCUT2D eigenvalue weighted by molar-refractivity contribution is 9.10. The number of halogens is 3. The van der Waals surface area contributed by atoms with Crippen LogP contribution in [0.3, 0.4) is 0 Å². The number of carbonyl (C=O) groups is 2. The largest absolute Gasteiger partial charge is 0.483 e. The zero-order chi connectivity index (χ0) is 21.4. The third kappa shape index (κ3) is 7.21. The molecule has 2 rings (SSSR count). The van der Waals surface area contributed by atoms with Gasteiger partial charge in [0.15, 0.2) is 6.61 Å². The first-order valence-corrected chi connectivity index (χ1v) is 10.8. The highest BCUT2D eigenvalue weighted by Gasteiger charge is 2.26. The van der Waals surface area contributed by atoms with Crippen LogP contribution in [0.1, 0.15) is 25.8 Å². The number of hydrogen-bond donors (Lipinski definition) is 1. The van der Waals surface area contributed by atoms with E-state index < -0.39 is 6.04 Å². The Morgan fingerprint density at radius 3 is 2.41 bits per heavy atom. The molecule has 0 aliphatic rings. The Morgan fingerprint density at radius 1 is 1.14 bits per heavy atom. The third-order valence-electron chi connectivity index (χ3n) is 4.23. The lowest BCUT2D eigenvalue weighted by Gasteiger charge is -2.28. The van der Waals surface area contributed by atoms with Gasteiger partial charge >= 0.3 is 0 Å². The molecule has 1 N–H and O–H groups in total. The molecule has 0 fully saturated rings. The Morgan fingerprint density at radius 2 is 1.79 bits per heavy atom. The molecule has 0 bridgehead atoms. The molecular weight excluding hydrogens is 479 g/mol. The Labute approximate surface area is 189 Å². The monoisotopic (exact) mass is 500 g/mol. The summed E-state index contributed by atoms with van der Waals surface area (Å²) in [6, 6.07) is 11.6. The van der Waals surface area contributed by atoms with Crippen LogP contribution in [0.2, 0.25) is 10.0 Å². The molecule has 0 aliphatic carbocycles. The maximum absolute atomic E-state index is 12.9. The van der Waals surface area contributed by atoms with Crippen molar-refractivity contribution in [2.24, 2.45) is 0 Å². The molecule has 2 aromatic carbocycles. The van der Waals surface area contributed by atoms with Crippen LogP contribution in [0, 0.1) is 0 Å². The van der Waals surface area contributed by atoms with Crippen LogP contribution in [0.5, 0.6) is 5.75 Å². The molecule has 0 saturated heterocycles. The molecule has 0 heterocycles. The first-order valence-electron chi connectivity index (χ1n) is 9.21. The summed E-state index contributed by atoms with van der Waals surface area (Å²) in [7, 11) is 0. The normalized spacial score (nSPS) is 11.6. The Bertz CT molecular complexity index is 846. The van der Waals surface area contributed by atoms with Crippen molar-refractivity contribution in [3.05, 3.63) is 62.5 Å². The highest BCUT2D eigenvalue weighted by atomic mass is 79.9. The fraction of sp³-hybridized carbons (Fsp3) is 0.333. The average molecular weight is 502 g/mol. The van der Waals surface area contributed by atoms with Crippen molar-refractivity contribution in [3.63, 3.8) is 0 Å². The number of ether oxygens (including phenoxy) is 1. The number of amides is 2. The molecular formula is C21H23BrCl2N2O3. The van der Waals surface area contributed by atoms with E-state index in [1.54, 1.807) is 37.3 Å². The first kappa shape index (κ1) is 23.5. The molecule has 0 aromatic heterocycles. The van der Waals surface area contributed by atoms with Gasteiger partial charge in [-0.05, 0) is 65.2 Å². The van der Waals surface area contributed by atoms with E-state index in [9.17, 15) is 9.59 Å². The van der Waals surface area contributed by atoms with Gasteiger partial charge in [0.1, 0.15) is 11.8 Å². The number of carbonyl (C=O) groups excluding carboxylic acids is 2. The maximum Gasteiger partial charge on any atom is 0.261 e. The highest BCUT2D eigenvalue weighted by Crippen LogP contribution is 2.28. The van der Waals surface area contributed by atoms with E-state index in [1.165, 1.54) is 4.90 Å². The minimum Gasteiger partial charge on any atom is -0.483 e. The molecule has 0 spiro atoms. The summed E-state index contributed by atoms with van der Waals surface area (Å²) in [5, 5.41) is 4.00. The molecule has 2 amide bonds. The summed E-state index contributed by atoms with van der Waals surface area (Å²) < 4.78 is 6.30. The van der Waals surface area contributed by atoms with Crippen LogP contribution < -0.4 is 10.1 Å². The Kier molecular flexibility index (Phi) is 9.27. The zero-order valence-electron chi connectivity index (χ0n) is 16.3. The number of benzene rings is 2. The summed E-state index contributed by atoms with van der Waals surface area (Å²) in [6.45, 7) is 4.29. The number of nitrogens with one attached hydrogen (secondary N) is 1. The minimum atomic E-state index is -0.651. The Hall–Kier alpha value is -1.76. The predicted octanol–water partition coefficient (Wildman–Crippen LogP) is 5.08. The van der Waals surface area contributed by atoms with Crippen molar-refractivity contribution in [1.29, 1.82) is 0 Å². The average Bonchev–Trinajstić information content (AvgIpc) is 2.70. The lowest BCUT2D eigenvalue weighted by molar-refractivity contribution is -0.142. The van der Waals surface area contributed by atoms with Gasteiger partial charge in [-0.25, -0.2) is 0 Å². The van der Waals surface area contributed by atoms with Crippen molar-refractivity contribution < 1.29 is 14.3 Å². The lowest BCUT2D eigenvalue weighted by Crippen LogP contribution is -2.49. The van der Waals surface area contributed by atoms with Gasteiger partial charge in [-0.1, -0.05) is 42.3 Å². The quantitative estimate of drug-likeness (QED) is 0.521. The smallest absolute Gasteiger partial charge is 0.261 e. The van der Waals surface area contributed by atoms with Gasteiger partial charge < -0.3 is 15.0 Å². The number of hydrogen-bond acceptors (Lipinski definition) is 3. The van der Waals surface area contributed by atoms with Gasteiger partial charge in [0, 0.05) is 23.1 Å². The van der Waals surface area contributed by atoms with Crippen LogP contribution in [-0.2, 0) is 16.1 Å². The van der Waals surface area contributed by atoms with E-state index in [1.807, 2.05) is 19.1 Å². The van der Waals surface area contributed by atoms with E-state index in [2.05, 4.69) is 21.2 Å². The van der Waals surface area contributed by atoms with Gasteiger partial charge in [0.25, 0.3) is 5.91 Å². The SMILES string of the molecule is CCCNC(=O)[C@H](C)N(Cc1ccc(Cl)cc1)C(=O)COc1ccc(Cl)cc1Br. The summed E-state index contributed by atoms with van der Waals surface area (Å²) in [5.74, 6) is -0.0138. The van der Waals surface area contributed by atoms with Crippen LogP contribution in [-0.4, -0.2) is 35.9 Å². The standard InChI is InChI=1S/C21H23BrCl2N2O3/c1-3-10-25-21(28)14(2)26(12-15-4-6-16(23)7-5-15)20(27)13-29-19-9-8-17(24)11-18(19)22/h4-9,11,14H,3,10,12-13H2,1-2H3,(H,25,28)/t14-/m0/s1. The fourth-order valence-electron chi connectivity index (χ4n) is 2.58. The summed E-state index contributed by atoms with van der Waals surface area (Å²) in [4.78, 5) is 26.9. The van der Waals surface area contributed by atoms with E-state index in [4.69, 9.17) is 27.9 Å². The van der Waals surface area contributed by atoms with E-state index in [-0.39, 0.29) is 25.0 Å². The molecule has 0 saturated carbocycles. The number of rotatable bonds is 9. The van der Waals surface area contributed by atoms with E-state index in [0.29, 0.717) is 26.8 Å². The van der Waals surface area contributed by atoms with E-state index >= 15 is 0 Å². The predicted molar refractivity (Wildman–Crippen MR) is 119 cm³/mol. The maximum atomic E-state index is 12.9. The van der Waals surface area contributed by atoms with Gasteiger partial charge in [0.05, 0.1) is 4.47 Å². The van der Waals surface area contributed by atoms with E-state index in [0.717, 1.165) is 12.0 Å². The molecule has 8 heteroatoms. The van der Waals surface area contributed by atoms with Crippen molar-refractivity contribution in [1.82, 2.24) is 10.2 Å². The molecule has 5 nitrogen and oxygen atoms in total. The Balaban J connectivity index is 2.14. The second-order valence-corrected chi connectivity index (χ2v) is 8.21. The lowest BCUT2D eigenvalue weighted by atomic mass is 10.1. The molecule has 29 heavy (non-hydrogen) atoms. The molecule has 1 atom stereocenters. The summed E-state index contributed by atoms with van der Waals surface area (Å²) >= 11 is 15.2. The second kappa shape index (κ2) is 11.4. The van der Waals surface area contributed by atoms with Crippen molar-refractivity contribution in [3.8, 4) is 5.75 Å². The summed E-state index contributed by atoms with van der Waals surface area (Å²) in [6.07, 6.45) is 0.817. The van der Waals surface area contributed by atoms with Gasteiger partial charge in [-0.15, -0.1) is 0 Å². The van der Waals surface area contributed by atoms with Gasteiger partial charge in [0.2, 0.25) is 5.91 Å². The van der Waals surface area contributed by atoms with Crippen LogP contribution in [0.25, 0.3) is 0 Å². The van der Waals surface area contributed by atoms with Crippen molar-refractivity contribution in [2.45, 2.75) is 32.9 Å². The minimum absolute atomic E-state index is 0.207. The fourth-order valence-corrected chi connectivity index (χ4v) is 3.50. The molecule has 0 unspecified atom stereocenters. The molecule has 0 aliphatic heterocycles. The molecule has 2 aromatic rings. The first-order chi connectivity index (χ1) is 13.8.